The molecule has 1 unspecified atom stereocenters. The lowest BCUT2D eigenvalue weighted by Crippen LogP contribution is -2.40. The predicted molar refractivity (Wildman–Crippen MR) is 147 cm³/mol. The fourth-order valence-corrected chi connectivity index (χ4v) is 5.53. The first-order valence-electron chi connectivity index (χ1n) is 13.9. The number of hydrogen-bond acceptors (Lipinski definition) is 4. The van der Waals surface area contributed by atoms with Crippen molar-refractivity contribution < 1.29 is 19.4 Å². The third kappa shape index (κ3) is 5.89. The van der Waals surface area contributed by atoms with Crippen LogP contribution in [0, 0.1) is 0 Å². The van der Waals surface area contributed by atoms with Gasteiger partial charge in [0.2, 0.25) is 0 Å². The molecule has 0 radical (unpaired) electrons. The molecule has 37 heavy (non-hydrogen) atoms. The van der Waals surface area contributed by atoms with E-state index in [2.05, 4.69) is 38.1 Å². The zero-order chi connectivity index (χ0) is 26.4. The standard InChI is InChI=1S/C31H40N2O4/c1-4-7-11-28-32-31(18-8-9-19-31)30(36)33(28)21-22-12-14-24(15-13-22)26-20-25(17-16-23(26)10-5-2)37-27(6-3)29(34)35/h12-17,20,27H,4-11,18-19,21H2,1-3H3,(H,34,35). The Labute approximate surface area is 220 Å². The number of aliphatic carboxylic acids is 1. The minimum Gasteiger partial charge on any atom is -0.479 e. The first kappa shape index (κ1) is 26.9. The van der Waals surface area contributed by atoms with Gasteiger partial charge in [0.25, 0.3) is 5.91 Å². The molecule has 1 heterocycles. The molecule has 2 aromatic rings. The van der Waals surface area contributed by atoms with Crippen molar-refractivity contribution in [3.8, 4) is 16.9 Å². The van der Waals surface area contributed by atoms with Gasteiger partial charge in [0.1, 0.15) is 17.1 Å². The highest BCUT2D eigenvalue weighted by Gasteiger charge is 2.49. The highest BCUT2D eigenvalue weighted by atomic mass is 16.5. The number of hydrogen-bond donors (Lipinski definition) is 1. The molecule has 0 bridgehead atoms. The summed E-state index contributed by atoms with van der Waals surface area (Å²) in [6.07, 6.45) is 8.34. The molecule has 1 aliphatic heterocycles. The van der Waals surface area contributed by atoms with Crippen LogP contribution in [-0.2, 0) is 22.6 Å². The van der Waals surface area contributed by atoms with Gasteiger partial charge in [0, 0.05) is 6.42 Å². The SMILES string of the molecule is CCCCC1=NC2(CCCC2)C(=O)N1Cc1ccc(-c2cc(OC(CC)C(=O)O)ccc2CCC)cc1. The lowest BCUT2D eigenvalue weighted by molar-refractivity contribution is -0.145. The molecule has 1 fully saturated rings. The largest absolute Gasteiger partial charge is 0.479 e. The van der Waals surface area contributed by atoms with E-state index in [1.54, 1.807) is 0 Å². The second-order valence-electron chi connectivity index (χ2n) is 10.4. The predicted octanol–water partition coefficient (Wildman–Crippen LogP) is 6.79. The summed E-state index contributed by atoms with van der Waals surface area (Å²) in [5.41, 5.74) is 3.89. The molecule has 198 valence electrons. The molecule has 1 N–H and O–H groups in total. The maximum absolute atomic E-state index is 13.5. The maximum Gasteiger partial charge on any atom is 0.344 e. The summed E-state index contributed by atoms with van der Waals surface area (Å²) in [5, 5.41) is 9.40. The van der Waals surface area contributed by atoms with Crippen molar-refractivity contribution in [2.75, 3.05) is 0 Å². The van der Waals surface area contributed by atoms with Crippen LogP contribution in [0.15, 0.2) is 47.5 Å². The number of amides is 1. The first-order valence-corrected chi connectivity index (χ1v) is 13.9. The molecule has 4 rings (SSSR count). The Morgan fingerprint density at radius 2 is 1.78 bits per heavy atom. The molecule has 1 spiro atoms. The second kappa shape index (κ2) is 11.9. The van der Waals surface area contributed by atoms with E-state index in [0.717, 1.165) is 80.3 Å². The summed E-state index contributed by atoms with van der Waals surface area (Å²) in [6.45, 7) is 6.67. The molecule has 1 saturated carbocycles. The van der Waals surface area contributed by atoms with Crippen LogP contribution < -0.4 is 4.74 Å². The zero-order valence-electron chi connectivity index (χ0n) is 22.5. The minimum atomic E-state index is -0.955. The molecule has 0 aromatic heterocycles. The van der Waals surface area contributed by atoms with Crippen LogP contribution in [0.25, 0.3) is 11.1 Å². The smallest absolute Gasteiger partial charge is 0.344 e. The summed E-state index contributed by atoms with van der Waals surface area (Å²) >= 11 is 0. The minimum absolute atomic E-state index is 0.180. The van der Waals surface area contributed by atoms with Gasteiger partial charge in [-0.25, -0.2) is 4.79 Å². The van der Waals surface area contributed by atoms with Gasteiger partial charge in [-0.05, 0) is 66.5 Å². The second-order valence-corrected chi connectivity index (χ2v) is 10.4. The number of carboxylic acids is 1. The van der Waals surface area contributed by atoms with E-state index in [1.165, 1.54) is 5.56 Å². The van der Waals surface area contributed by atoms with Crippen LogP contribution in [0.1, 0.15) is 89.7 Å². The number of unbranched alkanes of at least 4 members (excludes halogenated alkanes) is 1. The van der Waals surface area contributed by atoms with Crippen molar-refractivity contribution in [1.82, 2.24) is 4.90 Å². The van der Waals surface area contributed by atoms with Crippen molar-refractivity contribution in [3.63, 3.8) is 0 Å². The summed E-state index contributed by atoms with van der Waals surface area (Å²) in [4.78, 5) is 31.9. The van der Waals surface area contributed by atoms with Gasteiger partial charge in [-0.2, -0.15) is 0 Å². The average molecular weight is 505 g/mol. The van der Waals surface area contributed by atoms with E-state index in [9.17, 15) is 14.7 Å². The van der Waals surface area contributed by atoms with Crippen LogP contribution in [0.2, 0.25) is 0 Å². The summed E-state index contributed by atoms with van der Waals surface area (Å²) in [6, 6.07) is 14.2. The number of nitrogens with zero attached hydrogens (tertiary/aromatic N) is 2. The molecule has 6 heteroatoms. The number of aryl methyl sites for hydroxylation is 1. The number of ether oxygens (including phenoxy) is 1. The van der Waals surface area contributed by atoms with Crippen LogP contribution in [0.4, 0.5) is 0 Å². The zero-order valence-corrected chi connectivity index (χ0v) is 22.5. The van der Waals surface area contributed by atoms with Crippen molar-refractivity contribution in [2.45, 2.75) is 103 Å². The maximum atomic E-state index is 13.5. The highest BCUT2D eigenvalue weighted by Crippen LogP contribution is 2.40. The summed E-state index contributed by atoms with van der Waals surface area (Å²) in [5.74, 6) is 0.745. The fraction of sp³-hybridized carbons (Fsp3) is 0.516. The lowest BCUT2D eigenvalue weighted by atomic mass is 9.95. The van der Waals surface area contributed by atoms with Crippen molar-refractivity contribution >= 4 is 17.7 Å². The Bertz CT molecular complexity index is 1130. The molecular formula is C31H40N2O4. The topological polar surface area (TPSA) is 79.2 Å². The third-order valence-electron chi connectivity index (χ3n) is 7.61. The number of aliphatic imine (C=N–C) groups is 1. The number of carbonyl (C=O) groups is 2. The Morgan fingerprint density at radius 1 is 1.05 bits per heavy atom. The molecule has 1 atom stereocenters. The van der Waals surface area contributed by atoms with E-state index < -0.39 is 17.6 Å². The van der Waals surface area contributed by atoms with Crippen molar-refractivity contribution in [1.29, 1.82) is 0 Å². The van der Waals surface area contributed by atoms with Crippen LogP contribution in [0.5, 0.6) is 5.75 Å². The van der Waals surface area contributed by atoms with E-state index in [4.69, 9.17) is 9.73 Å². The monoisotopic (exact) mass is 504 g/mol. The summed E-state index contributed by atoms with van der Waals surface area (Å²) < 4.78 is 5.78. The normalized spacial score (nSPS) is 17.3. The number of benzene rings is 2. The Balaban J connectivity index is 1.56. The van der Waals surface area contributed by atoms with Crippen molar-refractivity contribution in [2.24, 2.45) is 4.99 Å². The van der Waals surface area contributed by atoms with Gasteiger partial charge in [-0.1, -0.05) is 76.8 Å². The van der Waals surface area contributed by atoms with Gasteiger partial charge < -0.3 is 9.84 Å². The molecule has 2 aliphatic rings. The Kier molecular flexibility index (Phi) is 8.67. The Hall–Kier alpha value is -3.15. The van der Waals surface area contributed by atoms with E-state index in [1.807, 2.05) is 30.0 Å². The Morgan fingerprint density at radius 3 is 2.41 bits per heavy atom. The average Bonchev–Trinajstić information content (AvgIpc) is 3.48. The molecule has 2 aromatic carbocycles. The molecule has 0 saturated heterocycles. The van der Waals surface area contributed by atoms with Gasteiger partial charge >= 0.3 is 5.97 Å². The van der Waals surface area contributed by atoms with E-state index in [-0.39, 0.29) is 5.91 Å². The van der Waals surface area contributed by atoms with E-state index >= 15 is 0 Å². The van der Waals surface area contributed by atoms with Gasteiger partial charge in [0.15, 0.2) is 6.10 Å². The molecule has 6 nitrogen and oxygen atoms in total. The number of carbonyl (C=O) groups excluding carboxylic acids is 1. The highest BCUT2D eigenvalue weighted by molar-refractivity contribution is 6.08. The third-order valence-corrected chi connectivity index (χ3v) is 7.61. The molecule has 1 amide bonds. The van der Waals surface area contributed by atoms with Gasteiger partial charge in [0.05, 0.1) is 6.54 Å². The quantitative estimate of drug-likeness (QED) is 0.345. The van der Waals surface area contributed by atoms with Crippen LogP contribution >= 0.6 is 0 Å². The number of rotatable bonds is 12. The summed E-state index contributed by atoms with van der Waals surface area (Å²) in [7, 11) is 0. The molecule has 1 aliphatic carbocycles. The first-order chi connectivity index (χ1) is 17.9. The fourth-order valence-electron chi connectivity index (χ4n) is 5.53. The van der Waals surface area contributed by atoms with Crippen LogP contribution in [-0.4, -0.2) is 39.4 Å². The van der Waals surface area contributed by atoms with Crippen LogP contribution in [0.3, 0.4) is 0 Å². The van der Waals surface area contributed by atoms with E-state index in [0.29, 0.717) is 18.7 Å². The lowest BCUT2D eigenvalue weighted by Gasteiger charge is -2.23. The van der Waals surface area contributed by atoms with Gasteiger partial charge in [-0.15, -0.1) is 0 Å². The van der Waals surface area contributed by atoms with Gasteiger partial charge in [-0.3, -0.25) is 14.7 Å². The number of carboxylic acid groups (broad SMARTS) is 1. The van der Waals surface area contributed by atoms with Crippen molar-refractivity contribution in [3.05, 3.63) is 53.6 Å². The number of amidine groups is 1. The molecular weight excluding hydrogens is 464 g/mol.